The lowest BCUT2D eigenvalue weighted by Crippen LogP contribution is -2.47. The monoisotopic (exact) mass is 568 g/mol. The first-order valence-electron chi connectivity index (χ1n) is 11.7. The third-order valence-corrected chi connectivity index (χ3v) is 6.06. The van der Waals surface area contributed by atoms with Gasteiger partial charge >= 0.3 is 0 Å². The van der Waals surface area contributed by atoms with Crippen LogP contribution in [0.15, 0.2) is 52.1 Å². The van der Waals surface area contributed by atoms with Gasteiger partial charge in [0.1, 0.15) is 5.76 Å². The highest BCUT2D eigenvalue weighted by Crippen LogP contribution is 2.33. The number of hydrogen-bond donors (Lipinski definition) is 2. The van der Waals surface area contributed by atoms with E-state index in [1.54, 1.807) is 6.26 Å². The van der Waals surface area contributed by atoms with E-state index >= 15 is 0 Å². The van der Waals surface area contributed by atoms with Gasteiger partial charge in [-0.2, -0.15) is 0 Å². The first-order valence-corrected chi connectivity index (χ1v) is 11.7. The lowest BCUT2D eigenvalue weighted by atomic mass is 9.78. The lowest BCUT2D eigenvalue weighted by Gasteiger charge is -2.40. The standard InChI is InChI=1S/C26H40N4O2.HI/c1-26(2,3)24-21(12-8-15-32-24)17-29-25(27-4)28-16-20-10-6-7-11-22(20)18-30(5)19-23-13-9-14-31-23;/h6-7,9-11,13-14,21,24H,8,12,15-19H2,1-5H3,(H2,27,28,29);1H. The SMILES string of the molecule is CN=C(NCc1ccccc1CN(C)Cc1ccco1)NCC1CCCOC1C(C)(C)C.I. The molecular weight excluding hydrogens is 527 g/mol. The molecule has 0 radical (unpaired) electrons. The van der Waals surface area contributed by atoms with Crippen molar-refractivity contribution in [3.05, 3.63) is 59.5 Å². The molecule has 33 heavy (non-hydrogen) atoms. The van der Waals surface area contributed by atoms with E-state index in [9.17, 15) is 0 Å². The quantitative estimate of drug-likeness (QED) is 0.266. The average Bonchev–Trinajstić information content (AvgIpc) is 3.27. The second-order valence-electron chi connectivity index (χ2n) is 9.89. The first-order chi connectivity index (χ1) is 15.4. The molecule has 2 N–H and O–H groups in total. The summed E-state index contributed by atoms with van der Waals surface area (Å²) in [4.78, 5) is 6.71. The average molecular weight is 569 g/mol. The van der Waals surface area contributed by atoms with E-state index < -0.39 is 0 Å². The maximum absolute atomic E-state index is 6.13. The van der Waals surface area contributed by atoms with E-state index in [1.165, 1.54) is 17.5 Å². The molecule has 0 aliphatic carbocycles. The van der Waals surface area contributed by atoms with E-state index in [-0.39, 0.29) is 35.5 Å². The molecule has 1 aliphatic rings. The van der Waals surface area contributed by atoms with Crippen molar-refractivity contribution in [1.29, 1.82) is 0 Å². The number of halogens is 1. The van der Waals surface area contributed by atoms with E-state index in [2.05, 4.69) is 72.6 Å². The van der Waals surface area contributed by atoms with Gasteiger partial charge in [-0.05, 0) is 48.6 Å². The zero-order chi connectivity index (χ0) is 23.0. The number of benzene rings is 1. The Hall–Kier alpha value is -1.58. The van der Waals surface area contributed by atoms with E-state index in [1.807, 2.05) is 19.2 Å². The third kappa shape index (κ3) is 8.61. The van der Waals surface area contributed by atoms with Gasteiger partial charge in [0.25, 0.3) is 0 Å². The molecule has 1 fully saturated rings. The second kappa shape index (κ2) is 13.3. The van der Waals surface area contributed by atoms with Crippen LogP contribution in [0.2, 0.25) is 0 Å². The molecule has 6 nitrogen and oxygen atoms in total. The number of nitrogens with one attached hydrogen (secondary N) is 2. The Balaban J connectivity index is 0.00000385. The highest BCUT2D eigenvalue weighted by Gasteiger charge is 2.35. The Bertz CT molecular complexity index is 848. The van der Waals surface area contributed by atoms with Crippen molar-refractivity contribution in [3.8, 4) is 0 Å². The molecule has 1 saturated heterocycles. The maximum atomic E-state index is 6.13. The van der Waals surface area contributed by atoms with Gasteiger partial charge in [-0.25, -0.2) is 0 Å². The largest absolute Gasteiger partial charge is 0.468 e. The maximum Gasteiger partial charge on any atom is 0.191 e. The molecule has 0 bridgehead atoms. The molecule has 1 aromatic carbocycles. The molecule has 0 spiro atoms. The molecule has 1 aliphatic heterocycles. The van der Waals surface area contributed by atoms with Gasteiger partial charge in [0, 0.05) is 39.2 Å². The van der Waals surface area contributed by atoms with Crippen LogP contribution >= 0.6 is 24.0 Å². The number of nitrogens with zero attached hydrogens (tertiary/aromatic N) is 2. The van der Waals surface area contributed by atoms with E-state index in [4.69, 9.17) is 9.15 Å². The molecule has 2 heterocycles. The van der Waals surface area contributed by atoms with Crippen molar-refractivity contribution in [2.75, 3.05) is 27.2 Å². The number of ether oxygens (including phenoxy) is 1. The Labute approximate surface area is 216 Å². The summed E-state index contributed by atoms with van der Waals surface area (Å²) in [7, 11) is 3.95. The fourth-order valence-electron chi connectivity index (χ4n) is 4.54. The summed E-state index contributed by atoms with van der Waals surface area (Å²) in [6.07, 6.45) is 4.32. The molecule has 184 valence electrons. The topological polar surface area (TPSA) is 62.0 Å². The molecule has 2 atom stereocenters. The highest BCUT2D eigenvalue weighted by molar-refractivity contribution is 14.0. The Kier molecular flexibility index (Phi) is 11.2. The van der Waals surface area contributed by atoms with Gasteiger partial charge < -0.3 is 19.8 Å². The molecular formula is C26H41IN4O2. The molecule has 0 amide bonds. The van der Waals surface area contributed by atoms with Crippen molar-refractivity contribution in [2.24, 2.45) is 16.3 Å². The minimum atomic E-state index is 0. The van der Waals surface area contributed by atoms with Crippen molar-refractivity contribution >= 4 is 29.9 Å². The smallest absolute Gasteiger partial charge is 0.191 e. The summed E-state index contributed by atoms with van der Waals surface area (Å²) >= 11 is 0. The zero-order valence-electron chi connectivity index (χ0n) is 20.8. The number of furan rings is 1. The predicted octanol–water partition coefficient (Wildman–Crippen LogP) is 5.04. The number of hydrogen-bond acceptors (Lipinski definition) is 4. The van der Waals surface area contributed by atoms with Crippen LogP contribution in [0.3, 0.4) is 0 Å². The Morgan fingerprint density at radius 1 is 1.09 bits per heavy atom. The fourth-order valence-corrected chi connectivity index (χ4v) is 4.54. The van der Waals surface area contributed by atoms with Gasteiger partial charge in [-0.1, -0.05) is 45.0 Å². The number of rotatable bonds is 8. The van der Waals surface area contributed by atoms with Gasteiger partial charge in [-0.3, -0.25) is 9.89 Å². The third-order valence-electron chi connectivity index (χ3n) is 6.06. The fraction of sp³-hybridized carbons (Fsp3) is 0.577. The van der Waals surface area contributed by atoms with Crippen LogP contribution in [0.25, 0.3) is 0 Å². The van der Waals surface area contributed by atoms with Crippen molar-refractivity contribution in [2.45, 2.75) is 59.4 Å². The first kappa shape index (κ1) is 27.7. The van der Waals surface area contributed by atoms with Crippen molar-refractivity contribution in [1.82, 2.24) is 15.5 Å². The molecule has 2 unspecified atom stereocenters. The van der Waals surface area contributed by atoms with Crippen LogP contribution < -0.4 is 10.6 Å². The molecule has 2 aromatic rings. The summed E-state index contributed by atoms with van der Waals surface area (Å²) in [5, 5.41) is 7.04. The minimum absolute atomic E-state index is 0. The number of aliphatic imine (C=N–C) groups is 1. The zero-order valence-corrected chi connectivity index (χ0v) is 23.1. The Morgan fingerprint density at radius 2 is 1.85 bits per heavy atom. The normalized spacial score (nSPS) is 19.3. The summed E-state index contributed by atoms with van der Waals surface area (Å²) in [5.41, 5.74) is 2.72. The van der Waals surface area contributed by atoms with Gasteiger partial charge in [0.15, 0.2) is 5.96 Å². The van der Waals surface area contributed by atoms with Gasteiger partial charge in [0.2, 0.25) is 0 Å². The summed E-state index contributed by atoms with van der Waals surface area (Å²) in [6.45, 7) is 10.9. The van der Waals surface area contributed by atoms with Crippen LogP contribution in [-0.4, -0.2) is 44.2 Å². The summed E-state index contributed by atoms with van der Waals surface area (Å²) in [6, 6.07) is 12.5. The lowest BCUT2D eigenvalue weighted by molar-refractivity contribution is -0.0835. The van der Waals surface area contributed by atoms with Crippen LogP contribution in [0, 0.1) is 11.3 Å². The molecule has 0 saturated carbocycles. The second-order valence-corrected chi connectivity index (χ2v) is 9.89. The highest BCUT2D eigenvalue weighted by atomic mass is 127. The minimum Gasteiger partial charge on any atom is -0.468 e. The van der Waals surface area contributed by atoms with Crippen molar-refractivity contribution in [3.63, 3.8) is 0 Å². The van der Waals surface area contributed by atoms with Crippen LogP contribution in [-0.2, 0) is 24.4 Å². The van der Waals surface area contributed by atoms with Crippen LogP contribution in [0.5, 0.6) is 0 Å². The van der Waals surface area contributed by atoms with Crippen molar-refractivity contribution < 1.29 is 9.15 Å². The van der Waals surface area contributed by atoms with Crippen LogP contribution in [0.4, 0.5) is 0 Å². The molecule has 1 aromatic heterocycles. The summed E-state index contributed by atoms with van der Waals surface area (Å²) in [5.74, 6) is 2.31. The number of guanidine groups is 1. The predicted molar refractivity (Wildman–Crippen MR) is 146 cm³/mol. The van der Waals surface area contributed by atoms with Crippen LogP contribution in [0.1, 0.15) is 50.5 Å². The van der Waals surface area contributed by atoms with Gasteiger partial charge in [0.05, 0.1) is 18.9 Å². The molecule has 3 rings (SSSR count). The van der Waals surface area contributed by atoms with Gasteiger partial charge in [-0.15, -0.1) is 24.0 Å². The molecule has 7 heteroatoms. The van der Waals surface area contributed by atoms with E-state index in [0.29, 0.717) is 5.92 Å². The Morgan fingerprint density at radius 3 is 2.52 bits per heavy atom. The van der Waals surface area contributed by atoms with E-state index in [0.717, 1.165) is 50.9 Å². The summed E-state index contributed by atoms with van der Waals surface area (Å²) < 4.78 is 11.6.